The number of rotatable bonds is 1. The van der Waals surface area contributed by atoms with Gasteiger partial charge in [0.15, 0.2) is 6.35 Å². The van der Waals surface area contributed by atoms with Gasteiger partial charge >= 0.3 is 0 Å². The average Bonchev–Trinajstić information content (AvgIpc) is 3.39. The van der Waals surface area contributed by atoms with Crippen molar-refractivity contribution in [1.29, 1.82) is 0 Å². The van der Waals surface area contributed by atoms with Crippen LogP contribution in [0.1, 0.15) is 51.9 Å². The van der Waals surface area contributed by atoms with Crippen LogP contribution in [0, 0.1) is 5.92 Å². The summed E-state index contributed by atoms with van der Waals surface area (Å²) in [6.45, 7) is 6.63. The summed E-state index contributed by atoms with van der Waals surface area (Å²) in [5.74, 6) is 0.586. The normalized spacial score (nSPS) is 47.5. The third-order valence-corrected chi connectivity index (χ3v) is 7.44. The third-order valence-electron chi connectivity index (χ3n) is 7.44. The number of ether oxygens (including phenoxy) is 3. The van der Waals surface area contributed by atoms with Crippen LogP contribution in [0.3, 0.4) is 0 Å². The van der Waals surface area contributed by atoms with E-state index in [1.54, 1.807) is 0 Å². The molecule has 7 unspecified atom stereocenters. The molecule has 0 aromatic carbocycles. The van der Waals surface area contributed by atoms with Crippen LogP contribution in [0.4, 0.5) is 0 Å². The Hall–Kier alpha value is -0.320. The van der Waals surface area contributed by atoms with Crippen molar-refractivity contribution in [2.45, 2.75) is 94.7 Å². The Morgan fingerprint density at radius 3 is 2.69 bits per heavy atom. The van der Waals surface area contributed by atoms with E-state index in [2.05, 4.69) is 33.3 Å². The van der Waals surface area contributed by atoms with E-state index in [4.69, 9.17) is 14.2 Å². The third kappa shape index (κ3) is 4.80. The minimum Gasteiger partial charge on any atom is -0.379 e. The molecule has 1 saturated carbocycles. The molecule has 29 heavy (non-hydrogen) atoms. The van der Waals surface area contributed by atoms with Gasteiger partial charge in [0.25, 0.3) is 0 Å². The van der Waals surface area contributed by atoms with Crippen LogP contribution < -0.4 is 21.5 Å². The predicted molar refractivity (Wildman–Crippen MR) is 110 cm³/mol. The van der Waals surface area contributed by atoms with Gasteiger partial charge in [-0.05, 0) is 70.9 Å². The van der Waals surface area contributed by atoms with Gasteiger partial charge in [0, 0.05) is 24.7 Å². The van der Waals surface area contributed by atoms with Crippen molar-refractivity contribution >= 4 is 0 Å². The zero-order chi connectivity index (χ0) is 19.6. The molecule has 1 aliphatic carbocycles. The number of hydrogen-bond donors (Lipinski definition) is 4. The summed E-state index contributed by atoms with van der Waals surface area (Å²) in [6.07, 6.45) is 8.84. The van der Waals surface area contributed by atoms with Gasteiger partial charge in [0.2, 0.25) is 0 Å². The van der Waals surface area contributed by atoms with Crippen molar-refractivity contribution in [3.63, 3.8) is 0 Å². The molecule has 4 bridgehead atoms. The fraction of sp³-hybridized carbons (Fsp3) is 1.00. The van der Waals surface area contributed by atoms with E-state index < -0.39 is 0 Å². The van der Waals surface area contributed by atoms with E-state index in [9.17, 15) is 0 Å². The minimum atomic E-state index is -0.0973. The Labute approximate surface area is 174 Å². The molecule has 4 saturated heterocycles. The standard InChI is InChI=1S/C21H39N5O3/c1-14-13-27-9-4-10-28-21-22-18(12-19(23-21)26-7-2-3-8-26)20-16-11-15(29-14)5-6-17(16)24-25-20/h14-25H,2-13H2,1H3/t14-,15?,16?,17?,18?,19?,20?,21?/m0/s1. The smallest absolute Gasteiger partial charge is 0.164 e. The van der Waals surface area contributed by atoms with Gasteiger partial charge in [-0.1, -0.05) is 0 Å². The van der Waals surface area contributed by atoms with Gasteiger partial charge in [0.1, 0.15) is 0 Å². The fourth-order valence-corrected chi connectivity index (χ4v) is 6.00. The summed E-state index contributed by atoms with van der Waals surface area (Å²) in [5, 5.41) is 7.49. The molecule has 0 aromatic heterocycles. The molecule has 8 heteroatoms. The van der Waals surface area contributed by atoms with E-state index in [0.717, 1.165) is 32.3 Å². The van der Waals surface area contributed by atoms with Gasteiger partial charge in [-0.25, -0.2) is 0 Å². The van der Waals surface area contributed by atoms with Gasteiger partial charge in [-0.15, -0.1) is 0 Å². The number of nitrogens with one attached hydrogen (secondary N) is 4. The number of hydrogen-bond acceptors (Lipinski definition) is 8. The number of nitrogens with zero attached hydrogens (tertiary/aromatic N) is 1. The SMILES string of the molecule is C[C@H]1COCCCOC2NC(CC(N3CCCC3)N2)C2NNC3CCC(CC32)O1. The lowest BCUT2D eigenvalue weighted by Gasteiger charge is -2.44. The maximum Gasteiger partial charge on any atom is 0.164 e. The van der Waals surface area contributed by atoms with Crippen LogP contribution in [-0.4, -0.2) is 80.7 Å². The zero-order valence-corrected chi connectivity index (χ0v) is 17.8. The monoisotopic (exact) mass is 409 g/mol. The summed E-state index contributed by atoms with van der Waals surface area (Å²) in [4.78, 5) is 2.61. The Kier molecular flexibility index (Phi) is 6.70. The molecule has 5 rings (SSSR count). The summed E-state index contributed by atoms with van der Waals surface area (Å²) in [7, 11) is 0. The highest BCUT2D eigenvalue weighted by Crippen LogP contribution is 2.35. The van der Waals surface area contributed by atoms with Crippen LogP contribution in [0.5, 0.6) is 0 Å². The highest BCUT2D eigenvalue weighted by Gasteiger charge is 2.46. The molecular weight excluding hydrogens is 370 g/mol. The molecule has 4 N–H and O–H groups in total. The topological polar surface area (TPSA) is 79.1 Å². The zero-order valence-electron chi connectivity index (χ0n) is 17.8. The summed E-state index contributed by atoms with van der Waals surface area (Å²) >= 11 is 0. The van der Waals surface area contributed by atoms with Crippen molar-refractivity contribution < 1.29 is 14.2 Å². The Balaban J connectivity index is 1.33. The largest absolute Gasteiger partial charge is 0.379 e. The molecule has 5 fully saturated rings. The number of fused-ring (bicyclic) bond motifs is 4. The van der Waals surface area contributed by atoms with Crippen molar-refractivity contribution in [3.8, 4) is 0 Å². The van der Waals surface area contributed by atoms with Gasteiger partial charge in [-0.2, -0.15) is 0 Å². The Morgan fingerprint density at radius 1 is 0.897 bits per heavy atom. The van der Waals surface area contributed by atoms with Crippen LogP contribution in [0.25, 0.3) is 0 Å². The van der Waals surface area contributed by atoms with E-state index >= 15 is 0 Å². The average molecular weight is 410 g/mol. The van der Waals surface area contributed by atoms with Crippen LogP contribution >= 0.6 is 0 Å². The number of likely N-dealkylation sites (tertiary alicyclic amines) is 1. The quantitative estimate of drug-likeness (QED) is 0.499. The molecule has 0 amide bonds. The molecule has 8 nitrogen and oxygen atoms in total. The second-order valence-electron chi connectivity index (χ2n) is 9.58. The van der Waals surface area contributed by atoms with Crippen LogP contribution in [0.2, 0.25) is 0 Å². The summed E-state index contributed by atoms with van der Waals surface area (Å²) in [6, 6.07) is 1.33. The van der Waals surface area contributed by atoms with Crippen LogP contribution in [0.15, 0.2) is 0 Å². The van der Waals surface area contributed by atoms with E-state index in [0.29, 0.717) is 49.5 Å². The lowest BCUT2D eigenvalue weighted by molar-refractivity contribution is -0.0711. The second-order valence-corrected chi connectivity index (χ2v) is 9.58. The minimum absolute atomic E-state index is 0.0973. The lowest BCUT2D eigenvalue weighted by atomic mass is 9.77. The molecule has 166 valence electrons. The highest BCUT2D eigenvalue weighted by atomic mass is 16.5. The van der Waals surface area contributed by atoms with Gasteiger partial charge in [-0.3, -0.25) is 26.4 Å². The first-order chi connectivity index (χ1) is 14.3. The van der Waals surface area contributed by atoms with E-state index in [1.807, 2.05) is 0 Å². The first-order valence-electron chi connectivity index (χ1n) is 11.9. The van der Waals surface area contributed by atoms with Crippen LogP contribution in [-0.2, 0) is 14.2 Å². The molecule has 0 radical (unpaired) electrons. The number of hydrazine groups is 1. The van der Waals surface area contributed by atoms with E-state index in [-0.39, 0.29) is 12.5 Å². The van der Waals surface area contributed by atoms with Crippen molar-refractivity contribution in [2.75, 3.05) is 32.9 Å². The van der Waals surface area contributed by atoms with E-state index in [1.165, 1.54) is 32.4 Å². The molecule has 4 heterocycles. The second kappa shape index (κ2) is 9.44. The summed E-state index contributed by atoms with van der Waals surface area (Å²) in [5.41, 5.74) is 7.26. The predicted octanol–water partition coefficient (Wildman–Crippen LogP) is 0.499. The maximum absolute atomic E-state index is 6.38. The molecular formula is C21H39N5O3. The first-order valence-corrected chi connectivity index (χ1v) is 11.9. The van der Waals surface area contributed by atoms with Crippen molar-refractivity contribution in [2.24, 2.45) is 5.92 Å². The van der Waals surface area contributed by atoms with Gasteiger partial charge < -0.3 is 14.2 Å². The lowest BCUT2D eigenvalue weighted by Crippen LogP contribution is -2.67. The molecule has 4 aliphatic heterocycles. The molecule has 5 aliphatic rings. The first kappa shape index (κ1) is 20.6. The highest BCUT2D eigenvalue weighted by molar-refractivity contribution is 5.03. The Morgan fingerprint density at radius 2 is 1.79 bits per heavy atom. The molecule has 0 spiro atoms. The summed E-state index contributed by atoms with van der Waals surface area (Å²) < 4.78 is 18.4. The van der Waals surface area contributed by atoms with Gasteiger partial charge in [0.05, 0.1) is 31.6 Å². The fourth-order valence-electron chi connectivity index (χ4n) is 6.00. The molecule has 8 atom stereocenters. The maximum atomic E-state index is 6.38. The van der Waals surface area contributed by atoms with Crippen molar-refractivity contribution in [1.82, 2.24) is 26.4 Å². The molecule has 0 aromatic rings. The van der Waals surface area contributed by atoms with Crippen molar-refractivity contribution in [3.05, 3.63) is 0 Å². The Bertz CT molecular complexity index is 534.